The van der Waals surface area contributed by atoms with Gasteiger partial charge >= 0.3 is 0 Å². The lowest BCUT2D eigenvalue weighted by Crippen LogP contribution is -1.95. The van der Waals surface area contributed by atoms with Crippen LogP contribution in [0.3, 0.4) is 0 Å². The minimum Gasteiger partial charge on any atom is -0.282 e. The van der Waals surface area contributed by atoms with E-state index in [4.69, 9.17) is 5.26 Å². The summed E-state index contributed by atoms with van der Waals surface area (Å²) >= 11 is 0. The average molecular weight is 301 g/mol. The van der Waals surface area contributed by atoms with E-state index in [-0.39, 0.29) is 0 Å². The Labute approximate surface area is 136 Å². The molecule has 0 atom stereocenters. The molecule has 0 fully saturated rings. The van der Waals surface area contributed by atoms with Crippen LogP contribution in [0, 0.1) is 11.3 Å². The second-order valence-electron chi connectivity index (χ2n) is 6.03. The third-order valence-corrected chi connectivity index (χ3v) is 4.02. The fourth-order valence-corrected chi connectivity index (χ4v) is 2.73. The van der Waals surface area contributed by atoms with Gasteiger partial charge in [0, 0.05) is 12.1 Å². The molecule has 0 aliphatic carbocycles. The topological polar surface area (TPSA) is 52.5 Å². The lowest BCUT2D eigenvalue weighted by molar-refractivity contribution is 0.799. The van der Waals surface area contributed by atoms with Gasteiger partial charge in [-0.1, -0.05) is 50.2 Å². The number of H-pyrrole nitrogens is 1. The van der Waals surface area contributed by atoms with Gasteiger partial charge in [0.2, 0.25) is 0 Å². The summed E-state index contributed by atoms with van der Waals surface area (Å²) in [5.74, 6) is 0.449. The number of rotatable bonds is 4. The predicted octanol–water partition coefficient (Wildman–Crippen LogP) is 4.66. The highest BCUT2D eigenvalue weighted by molar-refractivity contribution is 5.64. The van der Waals surface area contributed by atoms with Crippen LogP contribution in [0.2, 0.25) is 0 Å². The van der Waals surface area contributed by atoms with Crippen molar-refractivity contribution in [3.05, 3.63) is 77.1 Å². The van der Waals surface area contributed by atoms with Crippen molar-refractivity contribution >= 4 is 0 Å². The summed E-state index contributed by atoms with van der Waals surface area (Å²) in [4.78, 5) is 0. The van der Waals surface area contributed by atoms with Crippen molar-refractivity contribution in [1.29, 1.82) is 5.26 Å². The Kier molecular flexibility index (Phi) is 4.25. The van der Waals surface area contributed by atoms with E-state index < -0.39 is 0 Å². The number of nitrogens with one attached hydrogen (secondary N) is 1. The van der Waals surface area contributed by atoms with Gasteiger partial charge in [0.05, 0.1) is 17.8 Å². The van der Waals surface area contributed by atoms with Crippen LogP contribution in [0.1, 0.15) is 42.1 Å². The second-order valence-corrected chi connectivity index (χ2v) is 6.03. The molecular weight excluding hydrogens is 282 g/mol. The lowest BCUT2D eigenvalue weighted by atomic mass is 9.98. The van der Waals surface area contributed by atoms with E-state index >= 15 is 0 Å². The van der Waals surface area contributed by atoms with Crippen LogP contribution in [0.5, 0.6) is 0 Å². The molecule has 0 amide bonds. The van der Waals surface area contributed by atoms with E-state index in [0.29, 0.717) is 11.5 Å². The molecule has 0 saturated carbocycles. The highest BCUT2D eigenvalue weighted by Crippen LogP contribution is 2.23. The Morgan fingerprint density at radius 3 is 2.17 bits per heavy atom. The zero-order chi connectivity index (χ0) is 16.2. The zero-order valence-electron chi connectivity index (χ0n) is 13.4. The van der Waals surface area contributed by atoms with E-state index in [2.05, 4.69) is 54.4 Å². The molecular formula is C20H19N3. The van der Waals surface area contributed by atoms with Gasteiger partial charge in [-0.05, 0) is 40.3 Å². The van der Waals surface area contributed by atoms with Crippen LogP contribution in [0.4, 0.5) is 0 Å². The average Bonchev–Trinajstić information content (AvgIpc) is 3.04. The largest absolute Gasteiger partial charge is 0.282 e. The fourth-order valence-electron chi connectivity index (χ4n) is 2.73. The van der Waals surface area contributed by atoms with Crippen LogP contribution in [-0.4, -0.2) is 10.2 Å². The number of benzene rings is 2. The Morgan fingerprint density at radius 2 is 1.61 bits per heavy atom. The molecule has 0 aliphatic heterocycles. The molecule has 23 heavy (non-hydrogen) atoms. The monoisotopic (exact) mass is 301 g/mol. The molecule has 0 aliphatic rings. The first-order valence-electron chi connectivity index (χ1n) is 7.79. The quantitative estimate of drug-likeness (QED) is 0.761. The fraction of sp³-hybridized carbons (Fsp3) is 0.200. The van der Waals surface area contributed by atoms with E-state index in [0.717, 1.165) is 17.5 Å². The van der Waals surface area contributed by atoms with Crippen LogP contribution in [0.15, 0.2) is 54.7 Å². The highest BCUT2D eigenvalue weighted by atomic mass is 15.1. The zero-order valence-corrected chi connectivity index (χ0v) is 13.4. The maximum atomic E-state index is 8.86. The summed E-state index contributed by atoms with van der Waals surface area (Å²) in [5, 5.41) is 16.1. The summed E-state index contributed by atoms with van der Waals surface area (Å²) in [7, 11) is 0. The molecule has 0 unspecified atom stereocenters. The molecule has 0 saturated heterocycles. The summed E-state index contributed by atoms with van der Waals surface area (Å²) in [6.07, 6.45) is 2.81. The second kappa shape index (κ2) is 6.50. The molecule has 114 valence electrons. The Morgan fingerprint density at radius 1 is 1.00 bits per heavy atom. The van der Waals surface area contributed by atoms with Crippen LogP contribution < -0.4 is 0 Å². The van der Waals surface area contributed by atoms with Crippen molar-refractivity contribution in [3.8, 4) is 17.2 Å². The summed E-state index contributed by atoms with van der Waals surface area (Å²) in [6, 6.07) is 18.4. The van der Waals surface area contributed by atoms with Crippen molar-refractivity contribution in [1.82, 2.24) is 10.2 Å². The Balaban J connectivity index is 1.79. The summed E-state index contributed by atoms with van der Waals surface area (Å²) in [6.45, 7) is 4.34. The first kappa shape index (κ1) is 15.1. The highest BCUT2D eigenvalue weighted by Gasteiger charge is 2.09. The van der Waals surface area contributed by atoms with Gasteiger partial charge in [-0.2, -0.15) is 10.4 Å². The molecule has 1 N–H and O–H groups in total. The van der Waals surface area contributed by atoms with E-state index in [1.54, 1.807) is 0 Å². The third kappa shape index (κ3) is 3.32. The van der Waals surface area contributed by atoms with Gasteiger partial charge in [0.1, 0.15) is 0 Å². The van der Waals surface area contributed by atoms with E-state index in [1.165, 1.54) is 16.8 Å². The molecule has 0 bridgehead atoms. The van der Waals surface area contributed by atoms with E-state index in [1.807, 2.05) is 30.5 Å². The van der Waals surface area contributed by atoms with Gasteiger partial charge < -0.3 is 0 Å². The lowest BCUT2D eigenvalue weighted by Gasteiger charge is -2.07. The number of hydrogen-bond acceptors (Lipinski definition) is 2. The van der Waals surface area contributed by atoms with Crippen molar-refractivity contribution in [2.45, 2.75) is 26.2 Å². The molecule has 3 nitrogen and oxygen atoms in total. The Bertz CT molecular complexity index is 819. The smallest absolute Gasteiger partial charge is 0.0991 e. The number of hydrogen-bond donors (Lipinski definition) is 1. The predicted molar refractivity (Wildman–Crippen MR) is 92.1 cm³/mol. The maximum absolute atomic E-state index is 8.86. The van der Waals surface area contributed by atoms with Crippen LogP contribution in [0.25, 0.3) is 11.1 Å². The van der Waals surface area contributed by atoms with Gasteiger partial charge in [0.25, 0.3) is 0 Å². The SMILES string of the molecule is CC(C)c1[nH]ncc1Cc1ccc(-c2ccc(C#N)cc2)cc1. The summed E-state index contributed by atoms with van der Waals surface area (Å²) < 4.78 is 0. The molecule has 0 spiro atoms. The molecule has 0 radical (unpaired) electrons. The van der Waals surface area contributed by atoms with Gasteiger partial charge in [0.15, 0.2) is 0 Å². The van der Waals surface area contributed by atoms with Crippen molar-refractivity contribution < 1.29 is 0 Å². The molecule has 2 aromatic carbocycles. The van der Waals surface area contributed by atoms with Crippen LogP contribution in [-0.2, 0) is 6.42 Å². The molecule has 1 heterocycles. The van der Waals surface area contributed by atoms with Crippen molar-refractivity contribution in [2.75, 3.05) is 0 Å². The Hall–Kier alpha value is -2.86. The standard InChI is InChI=1S/C20H19N3/c1-14(2)20-19(13-22-23-20)11-15-3-7-17(8-4-15)18-9-5-16(12-21)6-10-18/h3-10,13-14H,11H2,1-2H3,(H,22,23). The minimum absolute atomic E-state index is 0.449. The minimum atomic E-state index is 0.449. The van der Waals surface area contributed by atoms with E-state index in [9.17, 15) is 0 Å². The normalized spacial score (nSPS) is 10.7. The molecule has 3 rings (SSSR count). The maximum Gasteiger partial charge on any atom is 0.0991 e. The third-order valence-electron chi connectivity index (χ3n) is 4.02. The van der Waals surface area contributed by atoms with Gasteiger partial charge in [-0.3, -0.25) is 5.10 Å². The van der Waals surface area contributed by atoms with Crippen LogP contribution >= 0.6 is 0 Å². The number of nitriles is 1. The van der Waals surface area contributed by atoms with Crippen molar-refractivity contribution in [3.63, 3.8) is 0 Å². The number of nitrogens with zero attached hydrogens (tertiary/aromatic N) is 2. The van der Waals surface area contributed by atoms with Crippen molar-refractivity contribution in [2.24, 2.45) is 0 Å². The first-order valence-corrected chi connectivity index (χ1v) is 7.79. The van der Waals surface area contributed by atoms with Gasteiger partial charge in [-0.15, -0.1) is 0 Å². The first-order chi connectivity index (χ1) is 11.2. The number of aromatic nitrogens is 2. The molecule has 1 aromatic heterocycles. The molecule has 3 heteroatoms. The van der Waals surface area contributed by atoms with Gasteiger partial charge in [-0.25, -0.2) is 0 Å². The number of aromatic amines is 1. The summed E-state index contributed by atoms with van der Waals surface area (Å²) in [5.41, 5.74) is 6.71. The molecule has 3 aromatic rings.